The number of aromatic hydroxyl groups is 1. The number of phenols is 1. The molecule has 1 amide bonds. The van der Waals surface area contributed by atoms with Crippen LogP contribution in [0.4, 0.5) is 5.69 Å². The van der Waals surface area contributed by atoms with Gasteiger partial charge in [0.2, 0.25) is 0 Å². The average Bonchev–Trinajstić information content (AvgIpc) is 2.39. The fourth-order valence-electron chi connectivity index (χ4n) is 1.20. The van der Waals surface area contributed by atoms with Crippen molar-refractivity contribution in [3.63, 3.8) is 0 Å². The van der Waals surface area contributed by atoms with Crippen LogP contribution in [0.2, 0.25) is 0 Å². The van der Waals surface area contributed by atoms with Crippen molar-refractivity contribution in [1.82, 2.24) is 5.32 Å². The van der Waals surface area contributed by atoms with Gasteiger partial charge in [-0.25, -0.2) is 0 Å². The Bertz CT molecular complexity index is 472. The standard InChI is InChI=1S/C13H15N3O2/c1-2-7-15-13(18)10(8-14)9-16-11-3-5-12(17)6-4-11/h3-6,9,16-17H,2,7H2,1H3,(H,15,18)/b10-9-. The molecule has 0 saturated heterocycles. The van der Waals surface area contributed by atoms with Crippen molar-refractivity contribution in [1.29, 1.82) is 5.26 Å². The smallest absolute Gasteiger partial charge is 0.263 e. The zero-order chi connectivity index (χ0) is 13.4. The van der Waals surface area contributed by atoms with E-state index in [0.717, 1.165) is 6.42 Å². The summed E-state index contributed by atoms with van der Waals surface area (Å²) in [5.74, 6) is -0.239. The number of hydrogen-bond donors (Lipinski definition) is 3. The molecular weight excluding hydrogens is 230 g/mol. The van der Waals surface area contributed by atoms with Gasteiger partial charge < -0.3 is 15.7 Å². The molecule has 0 aliphatic carbocycles. The van der Waals surface area contributed by atoms with Gasteiger partial charge in [-0.05, 0) is 30.7 Å². The first-order valence-corrected chi connectivity index (χ1v) is 5.61. The first-order valence-electron chi connectivity index (χ1n) is 5.61. The molecular formula is C13H15N3O2. The molecule has 5 heteroatoms. The maximum Gasteiger partial charge on any atom is 0.263 e. The number of nitrogens with one attached hydrogen (secondary N) is 2. The number of carbonyl (C=O) groups is 1. The molecule has 18 heavy (non-hydrogen) atoms. The van der Waals surface area contributed by atoms with Gasteiger partial charge in [-0.3, -0.25) is 4.79 Å². The zero-order valence-corrected chi connectivity index (χ0v) is 10.1. The molecule has 0 bridgehead atoms. The Balaban J connectivity index is 2.66. The molecule has 1 aromatic rings. The van der Waals surface area contributed by atoms with Crippen LogP contribution in [-0.2, 0) is 4.79 Å². The van der Waals surface area contributed by atoms with Crippen molar-refractivity contribution in [2.45, 2.75) is 13.3 Å². The molecule has 94 valence electrons. The molecule has 0 radical (unpaired) electrons. The number of anilines is 1. The Morgan fingerprint density at radius 2 is 2.11 bits per heavy atom. The first-order chi connectivity index (χ1) is 8.67. The molecule has 0 fully saturated rings. The summed E-state index contributed by atoms with van der Waals surface area (Å²) in [7, 11) is 0. The van der Waals surface area contributed by atoms with E-state index >= 15 is 0 Å². The molecule has 3 N–H and O–H groups in total. The Morgan fingerprint density at radius 3 is 2.67 bits per heavy atom. The Kier molecular flexibility index (Phi) is 5.26. The molecule has 0 heterocycles. The number of carbonyl (C=O) groups excluding carboxylic acids is 1. The van der Waals surface area contributed by atoms with Crippen LogP contribution in [0.15, 0.2) is 36.0 Å². The number of nitrogens with zero attached hydrogens (tertiary/aromatic N) is 1. The lowest BCUT2D eigenvalue weighted by Gasteiger charge is -2.03. The van der Waals surface area contributed by atoms with Crippen LogP contribution in [0.25, 0.3) is 0 Å². The number of hydrogen-bond acceptors (Lipinski definition) is 4. The van der Waals surface area contributed by atoms with Gasteiger partial charge in [0.15, 0.2) is 0 Å². The molecule has 0 aliphatic heterocycles. The first kappa shape index (κ1) is 13.6. The molecule has 1 rings (SSSR count). The Morgan fingerprint density at radius 1 is 1.44 bits per heavy atom. The second-order valence-corrected chi connectivity index (χ2v) is 3.62. The van der Waals surface area contributed by atoms with E-state index in [1.165, 1.54) is 18.3 Å². The highest BCUT2D eigenvalue weighted by molar-refractivity contribution is 5.97. The monoisotopic (exact) mass is 245 g/mol. The zero-order valence-electron chi connectivity index (χ0n) is 10.1. The van der Waals surface area contributed by atoms with Crippen LogP contribution in [0.1, 0.15) is 13.3 Å². The fraction of sp³-hybridized carbons (Fsp3) is 0.231. The van der Waals surface area contributed by atoms with Crippen LogP contribution >= 0.6 is 0 Å². The lowest BCUT2D eigenvalue weighted by Crippen LogP contribution is -2.25. The number of rotatable bonds is 5. The van der Waals surface area contributed by atoms with E-state index < -0.39 is 5.91 Å². The number of amides is 1. The van der Waals surface area contributed by atoms with E-state index in [2.05, 4.69) is 10.6 Å². The molecule has 0 saturated carbocycles. The van der Waals surface area contributed by atoms with Crippen LogP contribution < -0.4 is 10.6 Å². The fourth-order valence-corrected chi connectivity index (χ4v) is 1.20. The topological polar surface area (TPSA) is 85.2 Å². The predicted molar refractivity (Wildman–Crippen MR) is 68.7 cm³/mol. The van der Waals surface area contributed by atoms with E-state index in [9.17, 15) is 4.79 Å². The summed E-state index contributed by atoms with van der Waals surface area (Å²) in [5, 5.41) is 23.4. The quantitative estimate of drug-likeness (QED) is 0.419. The SMILES string of the molecule is CCCNC(=O)/C(C#N)=C\Nc1ccc(O)cc1. The minimum atomic E-state index is -0.398. The third-order valence-electron chi connectivity index (χ3n) is 2.15. The van der Waals surface area contributed by atoms with Crippen LogP contribution in [-0.4, -0.2) is 17.6 Å². The van der Waals surface area contributed by atoms with Gasteiger partial charge >= 0.3 is 0 Å². The maximum absolute atomic E-state index is 11.5. The number of phenolic OH excluding ortho intramolecular Hbond substituents is 1. The maximum atomic E-state index is 11.5. The van der Waals surface area contributed by atoms with Crippen molar-refractivity contribution in [3.8, 4) is 11.8 Å². The third-order valence-corrected chi connectivity index (χ3v) is 2.15. The van der Waals surface area contributed by atoms with Gasteiger partial charge in [-0.15, -0.1) is 0 Å². The molecule has 0 spiro atoms. The van der Waals surface area contributed by atoms with Crippen molar-refractivity contribution in [3.05, 3.63) is 36.0 Å². The lowest BCUT2D eigenvalue weighted by molar-refractivity contribution is -0.117. The molecule has 1 aromatic carbocycles. The molecule has 0 aliphatic rings. The predicted octanol–water partition coefficient (Wildman–Crippen LogP) is 1.74. The highest BCUT2D eigenvalue weighted by atomic mass is 16.3. The van der Waals surface area contributed by atoms with E-state index in [1.54, 1.807) is 12.1 Å². The van der Waals surface area contributed by atoms with Gasteiger partial charge in [0.05, 0.1) is 0 Å². The lowest BCUT2D eigenvalue weighted by atomic mass is 10.2. The summed E-state index contributed by atoms with van der Waals surface area (Å²) in [5.41, 5.74) is 0.695. The van der Waals surface area contributed by atoms with Crippen LogP contribution in [0.5, 0.6) is 5.75 Å². The second kappa shape index (κ2) is 6.97. The van der Waals surface area contributed by atoms with Gasteiger partial charge in [-0.2, -0.15) is 5.26 Å². The largest absolute Gasteiger partial charge is 0.508 e. The summed E-state index contributed by atoms with van der Waals surface area (Å²) >= 11 is 0. The van der Waals surface area contributed by atoms with Gasteiger partial charge in [-0.1, -0.05) is 6.92 Å². The van der Waals surface area contributed by atoms with E-state index in [-0.39, 0.29) is 11.3 Å². The van der Waals surface area contributed by atoms with Crippen molar-refractivity contribution >= 4 is 11.6 Å². The summed E-state index contributed by atoms with van der Waals surface area (Å²) in [4.78, 5) is 11.5. The second-order valence-electron chi connectivity index (χ2n) is 3.62. The van der Waals surface area contributed by atoms with Gasteiger partial charge in [0.25, 0.3) is 5.91 Å². The van der Waals surface area contributed by atoms with Crippen molar-refractivity contribution in [2.24, 2.45) is 0 Å². The highest BCUT2D eigenvalue weighted by Gasteiger charge is 2.06. The Hall–Kier alpha value is -2.48. The van der Waals surface area contributed by atoms with Crippen molar-refractivity contribution < 1.29 is 9.90 Å². The Labute approximate surface area is 106 Å². The van der Waals surface area contributed by atoms with E-state index in [4.69, 9.17) is 10.4 Å². The molecule has 0 aromatic heterocycles. The molecule has 0 unspecified atom stereocenters. The molecule has 5 nitrogen and oxygen atoms in total. The number of nitriles is 1. The summed E-state index contributed by atoms with van der Waals surface area (Å²) in [6.07, 6.45) is 2.16. The summed E-state index contributed by atoms with van der Waals surface area (Å²) in [6, 6.07) is 8.14. The summed E-state index contributed by atoms with van der Waals surface area (Å²) in [6.45, 7) is 2.47. The third kappa shape index (κ3) is 4.18. The van der Waals surface area contributed by atoms with Crippen LogP contribution in [0.3, 0.4) is 0 Å². The van der Waals surface area contributed by atoms with E-state index in [1.807, 2.05) is 13.0 Å². The summed E-state index contributed by atoms with van der Waals surface area (Å²) < 4.78 is 0. The van der Waals surface area contributed by atoms with E-state index in [0.29, 0.717) is 12.2 Å². The minimum absolute atomic E-state index is 0.0107. The van der Waals surface area contributed by atoms with Crippen LogP contribution in [0, 0.1) is 11.3 Å². The van der Waals surface area contributed by atoms with Crippen molar-refractivity contribution in [2.75, 3.05) is 11.9 Å². The van der Waals surface area contributed by atoms with Gasteiger partial charge in [0, 0.05) is 18.4 Å². The minimum Gasteiger partial charge on any atom is -0.508 e. The van der Waals surface area contributed by atoms with Gasteiger partial charge in [0.1, 0.15) is 17.4 Å². The normalized spacial score (nSPS) is 10.6. The molecule has 0 atom stereocenters. The highest BCUT2D eigenvalue weighted by Crippen LogP contribution is 2.13. The average molecular weight is 245 g/mol. The number of benzene rings is 1.